The van der Waals surface area contributed by atoms with Crippen molar-refractivity contribution in [2.45, 2.75) is 129 Å². The molecule has 3 aromatic carbocycles. The Labute approximate surface area is 442 Å². The summed E-state index contributed by atoms with van der Waals surface area (Å²) in [5.41, 5.74) is 1.66. The fourth-order valence-electron chi connectivity index (χ4n) is 12.8. The highest BCUT2D eigenvalue weighted by Crippen LogP contribution is 2.57. The van der Waals surface area contributed by atoms with Crippen LogP contribution in [-0.2, 0) is 27.5 Å². The van der Waals surface area contributed by atoms with Gasteiger partial charge in [-0.3, -0.25) is 28.1 Å². The van der Waals surface area contributed by atoms with Crippen LogP contribution in [0.1, 0.15) is 137 Å². The number of nitrogens with zero attached hydrogens (tertiary/aromatic N) is 10. The maximum Gasteiger partial charge on any atom is 0.438 e. The minimum Gasteiger partial charge on any atom is -0.444 e. The smallest absolute Gasteiger partial charge is 0.438 e. The van der Waals surface area contributed by atoms with E-state index in [0.29, 0.717) is 71.0 Å². The van der Waals surface area contributed by atoms with Gasteiger partial charge >= 0.3 is 17.5 Å². The van der Waals surface area contributed by atoms with E-state index in [1.807, 2.05) is 43.2 Å². The summed E-state index contributed by atoms with van der Waals surface area (Å²) in [6, 6.07) is 14.1. The molecule has 2 saturated heterocycles. The van der Waals surface area contributed by atoms with Crippen molar-refractivity contribution in [1.29, 1.82) is 0 Å². The SMILES string of the molecule is Cc1cc(-n2nc3c(c2-n2ccn(-c4ccc5c(cnn5C)c4F)c2=O)[C@H](C)N(C(=O)c2cc4cc([C@H]5CCOC(C)(C)C5)ccc4n2[C@@]2(c4noc(=O)[nH]4)C[C@@H]2C)CC32CCN(C(=O)OC(C)(C)C)CC2)cc(C)c1F. The number of nitrogens with one attached hydrogen (secondary N) is 1. The van der Waals surface area contributed by atoms with Gasteiger partial charge in [0.15, 0.2) is 11.6 Å². The molecule has 8 aromatic rings. The van der Waals surface area contributed by atoms with Gasteiger partial charge in [-0.15, -0.1) is 0 Å². The Balaban J connectivity index is 1.06. The molecule has 3 aliphatic heterocycles. The van der Waals surface area contributed by atoms with Crippen LogP contribution in [0.3, 0.4) is 0 Å². The van der Waals surface area contributed by atoms with Crippen LogP contribution in [-0.4, -0.2) is 103 Å². The van der Waals surface area contributed by atoms with Crippen molar-refractivity contribution < 1.29 is 32.4 Å². The Morgan fingerprint density at radius 3 is 2.27 bits per heavy atom. The van der Waals surface area contributed by atoms with Crippen molar-refractivity contribution in [3.05, 3.63) is 139 Å². The van der Waals surface area contributed by atoms with Gasteiger partial charge in [-0.25, -0.2) is 27.8 Å². The lowest BCUT2D eigenvalue weighted by molar-refractivity contribution is -0.0592. The van der Waals surface area contributed by atoms with Crippen molar-refractivity contribution >= 4 is 33.8 Å². The Morgan fingerprint density at radius 2 is 1.61 bits per heavy atom. The van der Waals surface area contributed by atoms with Gasteiger partial charge in [-0.2, -0.15) is 10.2 Å². The highest BCUT2D eigenvalue weighted by atomic mass is 19.1. The Kier molecular flexibility index (Phi) is 11.4. The number of fused-ring (bicyclic) bond motifs is 4. The topological polar surface area (TPSA) is 185 Å². The van der Waals surface area contributed by atoms with Crippen molar-refractivity contribution in [1.82, 2.24) is 53.2 Å². The second-order valence-electron chi connectivity index (χ2n) is 23.6. The summed E-state index contributed by atoms with van der Waals surface area (Å²) >= 11 is 0. The lowest BCUT2D eigenvalue weighted by Crippen LogP contribution is -2.55. The molecule has 1 N–H and O–H groups in total. The van der Waals surface area contributed by atoms with E-state index in [0.717, 1.165) is 29.3 Å². The van der Waals surface area contributed by atoms with Crippen LogP contribution in [0.25, 0.3) is 39.0 Å². The number of aryl methyl sites for hydroxylation is 3. The standard InChI is InChI=1S/C57H63F2N11O7/c1-31-23-38(24-32(2)45(31)58)70-48(67-21-20-66(52(67)73)42-14-13-41-39(46(42)59)29-60-64(41)10)44-34(4)68(30-56(47(44)62-70)16-18-65(19-17-56)53(74)76-54(5,6)7)49(71)43-26-37-25-35(36-15-22-75-55(8,9)28-36)11-12-40(37)69(43)57(27-33(57)3)50-61-51(72)77-63-50/h11-14,20-21,23-26,29,33-34,36H,15-19,22,27-28,30H2,1-10H3,(H,61,63,72)/t33-,34-,36-,57-/m0/s1. The maximum absolute atomic E-state index is 16.5. The van der Waals surface area contributed by atoms with E-state index in [2.05, 4.69) is 54.2 Å². The molecule has 12 rings (SSSR count). The summed E-state index contributed by atoms with van der Waals surface area (Å²) < 4.78 is 57.0. The van der Waals surface area contributed by atoms with Crippen molar-refractivity contribution in [3.63, 3.8) is 0 Å². The molecule has 5 aromatic heterocycles. The number of piperidine rings is 1. The number of carbonyl (C=O) groups is 2. The minimum atomic E-state index is -0.944. The molecule has 18 nitrogen and oxygen atoms in total. The van der Waals surface area contributed by atoms with Gasteiger partial charge in [0.1, 0.15) is 28.5 Å². The number of carbonyl (C=O) groups excluding carboxylic acids is 2. The molecule has 3 fully saturated rings. The number of aromatic amines is 1. The lowest BCUT2D eigenvalue weighted by atomic mass is 9.70. The first-order chi connectivity index (χ1) is 36.5. The predicted molar refractivity (Wildman–Crippen MR) is 282 cm³/mol. The normalized spacial score (nSPS) is 22.1. The number of benzene rings is 3. The molecule has 4 aliphatic rings. The van der Waals surface area contributed by atoms with Crippen LogP contribution in [0.5, 0.6) is 0 Å². The van der Waals surface area contributed by atoms with E-state index in [1.54, 1.807) is 59.6 Å². The number of rotatable bonds is 7. The van der Waals surface area contributed by atoms with Crippen LogP contribution >= 0.6 is 0 Å². The van der Waals surface area contributed by atoms with Gasteiger partial charge in [0.25, 0.3) is 5.91 Å². The van der Waals surface area contributed by atoms with Crippen molar-refractivity contribution in [3.8, 4) is 17.2 Å². The van der Waals surface area contributed by atoms with E-state index >= 15 is 18.4 Å². The van der Waals surface area contributed by atoms with Crippen molar-refractivity contribution in [2.24, 2.45) is 13.0 Å². The molecule has 1 spiro atoms. The Morgan fingerprint density at radius 1 is 0.909 bits per heavy atom. The van der Waals surface area contributed by atoms with E-state index in [-0.39, 0.29) is 65.7 Å². The Hall–Kier alpha value is -7.61. The van der Waals surface area contributed by atoms with Crippen LogP contribution in [0, 0.1) is 31.4 Å². The summed E-state index contributed by atoms with van der Waals surface area (Å²) in [6.45, 7) is 18.3. The van der Waals surface area contributed by atoms with Gasteiger partial charge in [-0.05, 0) is 158 Å². The number of imidazole rings is 1. The largest absolute Gasteiger partial charge is 0.444 e. The molecule has 77 heavy (non-hydrogen) atoms. The minimum absolute atomic E-state index is 0.00620. The third kappa shape index (κ3) is 7.98. The molecule has 8 heterocycles. The first-order valence-corrected chi connectivity index (χ1v) is 26.5. The maximum atomic E-state index is 16.5. The average molecular weight is 1050 g/mol. The number of likely N-dealkylation sites (tertiary alicyclic amines) is 1. The summed E-state index contributed by atoms with van der Waals surface area (Å²) in [5.74, 6) is -1.30. The van der Waals surface area contributed by atoms with Gasteiger partial charge < -0.3 is 23.8 Å². The highest BCUT2D eigenvalue weighted by Gasteiger charge is 2.60. The second kappa shape index (κ2) is 17.5. The zero-order chi connectivity index (χ0) is 54.4. The number of hydrogen-bond donors (Lipinski definition) is 1. The molecule has 4 atom stereocenters. The zero-order valence-corrected chi connectivity index (χ0v) is 45.0. The molecule has 1 saturated carbocycles. The average Bonchev–Trinajstić information content (AvgIpc) is 4.25. The zero-order valence-electron chi connectivity index (χ0n) is 45.0. The summed E-state index contributed by atoms with van der Waals surface area (Å²) in [4.78, 5) is 64.4. The number of halogens is 2. The summed E-state index contributed by atoms with van der Waals surface area (Å²) in [6.07, 6.45) is 6.95. The van der Waals surface area contributed by atoms with Gasteiger partial charge in [-0.1, -0.05) is 18.1 Å². The third-order valence-electron chi connectivity index (χ3n) is 16.9. The molecule has 0 bridgehead atoms. The van der Waals surface area contributed by atoms with Gasteiger partial charge in [0, 0.05) is 67.6 Å². The number of ether oxygens (including phenoxy) is 2. The summed E-state index contributed by atoms with van der Waals surface area (Å²) in [5, 5.41) is 15.0. The first-order valence-electron chi connectivity index (χ1n) is 26.5. The van der Waals surface area contributed by atoms with Gasteiger partial charge in [0.2, 0.25) is 0 Å². The van der Waals surface area contributed by atoms with Crippen LogP contribution in [0.4, 0.5) is 13.6 Å². The molecule has 402 valence electrons. The molecular weight excluding hydrogens is 989 g/mol. The highest BCUT2D eigenvalue weighted by molar-refractivity contribution is 6.00. The van der Waals surface area contributed by atoms with Crippen molar-refractivity contribution in [2.75, 3.05) is 26.2 Å². The summed E-state index contributed by atoms with van der Waals surface area (Å²) in [7, 11) is 1.71. The fourth-order valence-corrected chi connectivity index (χ4v) is 12.8. The lowest BCUT2D eigenvalue weighted by Gasteiger charge is -2.48. The number of amides is 2. The molecule has 0 unspecified atom stereocenters. The molecular formula is C57H63F2N11O7. The molecule has 20 heteroatoms. The fraction of sp³-hybridized carbons (Fsp3) is 0.456. The van der Waals surface area contributed by atoms with E-state index in [1.165, 1.54) is 27.6 Å². The second-order valence-corrected chi connectivity index (χ2v) is 23.6. The number of hydrogen-bond acceptors (Lipinski definition) is 10. The van der Waals surface area contributed by atoms with E-state index in [4.69, 9.17) is 19.1 Å². The monoisotopic (exact) mass is 1050 g/mol. The van der Waals surface area contributed by atoms with E-state index in [9.17, 15) is 9.59 Å². The Bertz CT molecular complexity index is 3830. The van der Waals surface area contributed by atoms with Gasteiger partial charge in [0.05, 0.1) is 45.8 Å². The number of H-pyrrole nitrogens is 1. The quantitative estimate of drug-likeness (QED) is 0.161. The number of aromatic nitrogens is 9. The first kappa shape index (κ1) is 50.2. The molecule has 1 aliphatic carbocycles. The van der Waals surface area contributed by atoms with E-state index < -0.39 is 46.0 Å². The predicted octanol–water partition coefficient (Wildman–Crippen LogP) is 9.17. The van der Waals surface area contributed by atoms with Crippen LogP contribution < -0.4 is 11.4 Å². The van der Waals surface area contributed by atoms with Crippen LogP contribution in [0.2, 0.25) is 0 Å². The molecule has 0 radical (unpaired) electrons. The molecule has 2 amide bonds. The third-order valence-corrected chi connectivity index (χ3v) is 16.9. The van der Waals surface area contributed by atoms with Crippen LogP contribution in [0.15, 0.2) is 81.2 Å².